The Hall–Kier alpha value is -2.75. The van der Waals surface area contributed by atoms with Crippen molar-refractivity contribution in [1.82, 2.24) is 4.40 Å². The molecule has 0 fully saturated rings. The van der Waals surface area contributed by atoms with Gasteiger partial charge in [-0.25, -0.2) is 0 Å². The summed E-state index contributed by atoms with van der Waals surface area (Å²) in [5.41, 5.74) is 1.80. The van der Waals surface area contributed by atoms with E-state index in [2.05, 4.69) is 5.32 Å². The summed E-state index contributed by atoms with van der Waals surface area (Å²) in [4.78, 5) is 11.8. The van der Waals surface area contributed by atoms with Crippen LogP contribution in [0.15, 0.2) is 67.0 Å². The highest BCUT2D eigenvalue weighted by atomic mass is 16.5. The number of carbonyl (C=O) groups is 1. The van der Waals surface area contributed by atoms with E-state index in [4.69, 9.17) is 4.74 Å². The SMILES string of the molecule is O=C(COc1ccccc1)Nc1cc2ccccn2c1. The summed E-state index contributed by atoms with van der Waals surface area (Å²) in [7, 11) is 0. The molecule has 0 aliphatic carbocycles. The second-order valence-corrected chi connectivity index (χ2v) is 4.41. The van der Waals surface area contributed by atoms with E-state index in [0.717, 1.165) is 11.2 Å². The molecule has 2 heterocycles. The van der Waals surface area contributed by atoms with Gasteiger partial charge in [-0.15, -0.1) is 0 Å². The Morgan fingerprint density at radius 1 is 1.10 bits per heavy atom. The van der Waals surface area contributed by atoms with Gasteiger partial charge in [0.1, 0.15) is 5.75 Å². The second kappa shape index (κ2) is 5.48. The molecule has 0 aliphatic heterocycles. The van der Waals surface area contributed by atoms with Gasteiger partial charge in [-0.2, -0.15) is 0 Å². The van der Waals surface area contributed by atoms with E-state index in [0.29, 0.717) is 5.75 Å². The maximum Gasteiger partial charge on any atom is 0.262 e. The van der Waals surface area contributed by atoms with Crippen molar-refractivity contribution >= 4 is 17.1 Å². The average molecular weight is 266 g/mol. The summed E-state index contributed by atoms with van der Waals surface area (Å²) in [6.07, 6.45) is 3.81. The molecule has 4 nitrogen and oxygen atoms in total. The van der Waals surface area contributed by atoms with Crippen LogP contribution in [0.1, 0.15) is 0 Å². The third-order valence-corrected chi connectivity index (χ3v) is 2.90. The zero-order valence-electron chi connectivity index (χ0n) is 10.8. The van der Waals surface area contributed by atoms with Crippen molar-refractivity contribution in [3.05, 3.63) is 67.0 Å². The lowest BCUT2D eigenvalue weighted by atomic mass is 10.3. The fourth-order valence-corrected chi connectivity index (χ4v) is 1.99. The van der Waals surface area contributed by atoms with Gasteiger partial charge in [0.05, 0.1) is 5.69 Å². The van der Waals surface area contributed by atoms with Crippen LogP contribution in [-0.4, -0.2) is 16.9 Å². The quantitative estimate of drug-likeness (QED) is 0.789. The molecule has 1 aromatic carbocycles. The standard InChI is InChI=1S/C16H14N2O2/c19-16(12-20-15-7-2-1-3-8-15)17-13-10-14-6-4-5-9-18(14)11-13/h1-11H,12H2,(H,17,19). The molecule has 3 rings (SSSR count). The molecule has 0 saturated carbocycles. The molecule has 0 radical (unpaired) electrons. The van der Waals surface area contributed by atoms with Crippen LogP contribution in [0.2, 0.25) is 0 Å². The minimum Gasteiger partial charge on any atom is -0.484 e. The number of fused-ring (bicyclic) bond motifs is 1. The van der Waals surface area contributed by atoms with Gasteiger partial charge in [-0.3, -0.25) is 4.79 Å². The smallest absolute Gasteiger partial charge is 0.262 e. The average Bonchev–Trinajstić information content (AvgIpc) is 2.88. The molecule has 1 N–H and O–H groups in total. The number of hydrogen-bond donors (Lipinski definition) is 1. The number of ether oxygens (including phenoxy) is 1. The van der Waals surface area contributed by atoms with Crippen LogP contribution in [0.5, 0.6) is 5.75 Å². The van der Waals surface area contributed by atoms with Gasteiger partial charge in [-0.05, 0) is 30.3 Å². The van der Waals surface area contributed by atoms with Gasteiger partial charge >= 0.3 is 0 Å². The summed E-state index contributed by atoms with van der Waals surface area (Å²) >= 11 is 0. The van der Waals surface area contributed by atoms with Gasteiger partial charge in [0, 0.05) is 17.9 Å². The largest absolute Gasteiger partial charge is 0.484 e. The lowest BCUT2D eigenvalue weighted by molar-refractivity contribution is -0.118. The number of nitrogens with zero attached hydrogens (tertiary/aromatic N) is 1. The molecular weight excluding hydrogens is 252 g/mol. The number of hydrogen-bond acceptors (Lipinski definition) is 2. The predicted molar refractivity (Wildman–Crippen MR) is 78.0 cm³/mol. The fraction of sp³-hybridized carbons (Fsp3) is 0.0625. The van der Waals surface area contributed by atoms with E-state index in [1.165, 1.54) is 0 Å². The van der Waals surface area contributed by atoms with Gasteiger partial charge < -0.3 is 14.5 Å². The fourth-order valence-electron chi connectivity index (χ4n) is 1.99. The monoisotopic (exact) mass is 266 g/mol. The van der Waals surface area contributed by atoms with Crippen molar-refractivity contribution in [2.24, 2.45) is 0 Å². The van der Waals surface area contributed by atoms with Crippen LogP contribution < -0.4 is 10.1 Å². The van der Waals surface area contributed by atoms with Crippen LogP contribution in [-0.2, 0) is 4.79 Å². The molecule has 2 aromatic heterocycles. The summed E-state index contributed by atoms with van der Waals surface area (Å²) in [5, 5.41) is 2.82. The van der Waals surface area contributed by atoms with Crippen molar-refractivity contribution in [1.29, 1.82) is 0 Å². The van der Waals surface area contributed by atoms with Crippen LogP contribution in [0.25, 0.3) is 5.52 Å². The first-order chi connectivity index (χ1) is 9.81. The number of anilines is 1. The van der Waals surface area contributed by atoms with Crippen molar-refractivity contribution in [2.45, 2.75) is 0 Å². The Morgan fingerprint density at radius 3 is 2.70 bits per heavy atom. The van der Waals surface area contributed by atoms with Crippen molar-refractivity contribution in [2.75, 3.05) is 11.9 Å². The Labute approximate surface area is 116 Å². The number of carbonyl (C=O) groups excluding carboxylic acids is 1. The first-order valence-corrected chi connectivity index (χ1v) is 6.36. The molecule has 3 aromatic rings. The molecule has 0 atom stereocenters. The highest BCUT2D eigenvalue weighted by Gasteiger charge is 2.05. The molecule has 0 unspecified atom stereocenters. The molecule has 0 bridgehead atoms. The lowest BCUT2D eigenvalue weighted by Crippen LogP contribution is -2.19. The highest BCUT2D eigenvalue weighted by molar-refractivity contribution is 5.92. The van der Waals surface area contributed by atoms with E-state index < -0.39 is 0 Å². The number of amides is 1. The minimum atomic E-state index is -0.176. The minimum absolute atomic E-state index is 0.00376. The van der Waals surface area contributed by atoms with Crippen molar-refractivity contribution < 1.29 is 9.53 Å². The van der Waals surface area contributed by atoms with Crippen molar-refractivity contribution in [3.63, 3.8) is 0 Å². The molecule has 100 valence electrons. The summed E-state index contributed by atoms with van der Waals surface area (Å²) in [6.45, 7) is -0.00376. The molecule has 0 aliphatic rings. The molecule has 1 amide bonds. The predicted octanol–water partition coefficient (Wildman–Crippen LogP) is 2.96. The Morgan fingerprint density at radius 2 is 1.90 bits per heavy atom. The first kappa shape index (κ1) is 12.3. The third-order valence-electron chi connectivity index (χ3n) is 2.90. The van der Waals surface area contributed by atoms with Crippen LogP contribution >= 0.6 is 0 Å². The zero-order chi connectivity index (χ0) is 13.8. The molecule has 0 saturated heterocycles. The summed E-state index contributed by atoms with van der Waals surface area (Å²) < 4.78 is 7.35. The van der Waals surface area contributed by atoms with Gasteiger partial charge in [0.2, 0.25) is 0 Å². The highest BCUT2D eigenvalue weighted by Crippen LogP contribution is 2.14. The zero-order valence-corrected chi connectivity index (χ0v) is 10.8. The second-order valence-electron chi connectivity index (χ2n) is 4.41. The van der Waals surface area contributed by atoms with Crippen LogP contribution in [0, 0.1) is 0 Å². The summed E-state index contributed by atoms with van der Waals surface area (Å²) in [5.74, 6) is 0.509. The van der Waals surface area contributed by atoms with Gasteiger partial charge in [0.25, 0.3) is 5.91 Å². The van der Waals surface area contributed by atoms with Gasteiger partial charge in [0.15, 0.2) is 6.61 Å². The maximum atomic E-state index is 11.8. The first-order valence-electron chi connectivity index (χ1n) is 6.36. The molecular formula is C16H14N2O2. The number of para-hydroxylation sites is 1. The Balaban J connectivity index is 1.61. The number of pyridine rings is 1. The van der Waals surface area contributed by atoms with E-state index in [-0.39, 0.29) is 12.5 Å². The Kier molecular flexibility index (Phi) is 3.37. The Bertz CT molecular complexity index is 686. The maximum absolute atomic E-state index is 11.8. The molecule has 4 heteroatoms. The molecule has 20 heavy (non-hydrogen) atoms. The third kappa shape index (κ3) is 2.80. The van der Waals surface area contributed by atoms with E-state index in [9.17, 15) is 4.79 Å². The van der Waals surface area contributed by atoms with Crippen LogP contribution in [0.3, 0.4) is 0 Å². The van der Waals surface area contributed by atoms with Crippen LogP contribution in [0.4, 0.5) is 5.69 Å². The van der Waals surface area contributed by atoms with E-state index in [1.54, 1.807) is 0 Å². The summed E-state index contributed by atoms with van der Waals surface area (Å²) in [6, 6.07) is 17.1. The normalized spacial score (nSPS) is 10.4. The van der Waals surface area contributed by atoms with Gasteiger partial charge in [-0.1, -0.05) is 24.3 Å². The van der Waals surface area contributed by atoms with E-state index in [1.807, 2.05) is 71.4 Å². The number of nitrogens with one attached hydrogen (secondary N) is 1. The lowest BCUT2D eigenvalue weighted by Gasteiger charge is -2.05. The van der Waals surface area contributed by atoms with E-state index >= 15 is 0 Å². The number of benzene rings is 1. The van der Waals surface area contributed by atoms with Crippen molar-refractivity contribution in [3.8, 4) is 5.75 Å². The topological polar surface area (TPSA) is 42.7 Å². The molecule has 0 spiro atoms. The number of aromatic nitrogens is 1. The number of rotatable bonds is 4.